The second-order valence-corrected chi connectivity index (χ2v) is 6.25. The minimum absolute atomic E-state index is 0.0412. The zero-order chi connectivity index (χ0) is 17.7. The Morgan fingerprint density at radius 2 is 2.04 bits per heavy atom. The van der Waals surface area contributed by atoms with Crippen molar-refractivity contribution in [2.75, 3.05) is 11.9 Å². The number of aliphatic hydroxyl groups excluding tert-OH is 1. The van der Waals surface area contributed by atoms with Crippen molar-refractivity contribution < 1.29 is 23.5 Å². The summed E-state index contributed by atoms with van der Waals surface area (Å²) in [5.41, 5.74) is 1.92. The van der Waals surface area contributed by atoms with E-state index < -0.39 is 23.6 Å². The van der Waals surface area contributed by atoms with Crippen molar-refractivity contribution in [3.63, 3.8) is 0 Å². The third-order valence-electron chi connectivity index (χ3n) is 2.94. The van der Waals surface area contributed by atoms with E-state index in [-0.39, 0.29) is 23.5 Å². The van der Waals surface area contributed by atoms with Crippen LogP contribution in [0.3, 0.4) is 0 Å². The fraction of sp³-hybridized carbons (Fsp3) is 0.188. The van der Waals surface area contributed by atoms with E-state index in [9.17, 15) is 13.6 Å². The van der Waals surface area contributed by atoms with Crippen LogP contribution in [0.2, 0.25) is 0 Å². The summed E-state index contributed by atoms with van der Waals surface area (Å²) in [7, 11) is 0. The first-order valence-electron chi connectivity index (χ1n) is 6.99. The summed E-state index contributed by atoms with van der Waals surface area (Å²) in [6.07, 6.45) is -0.767. The highest BCUT2D eigenvalue weighted by molar-refractivity contribution is 14.1. The average molecular weight is 448 g/mol. The van der Waals surface area contributed by atoms with Gasteiger partial charge in [-0.25, -0.2) is 14.3 Å². The predicted octanol–water partition coefficient (Wildman–Crippen LogP) is 3.36. The molecule has 1 unspecified atom stereocenters. The molecule has 0 fully saturated rings. The lowest BCUT2D eigenvalue weighted by Crippen LogP contribution is -2.28. The molecule has 2 aromatic rings. The Morgan fingerprint density at radius 3 is 2.71 bits per heavy atom. The molecule has 0 saturated carbocycles. The first-order valence-corrected chi connectivity index (χ1v) is 8.07. The molecule has 5 nitrogen and oxygen atoms in total. The van der Waals surface area contributed by atoms with Gasteiger partial charge in [-0.05, 0) is 59.8 Å². The Kier molecular flexibility index (Phi) is 6.46. The molecular formula is C16H15F2IN2O3. The average Bonchev–Trinajstić information content (AvgIpc) is 2.51. The van der Waals surface area contributed by atoms with Gasteiger partial charge < -0.3 is 10.4 Å². The number of carbonyl (C=O) groups is 1. The maximum absolute atomic E-state index is 14.1. The molecule has 0 aliphatic carbocycles. The number of hydrogen-bond donors (Lipinski definition) is 3. The lowest BCUT2D eigenvalue weighted by Gasteiger charge is -2.14. The van der Waals surface area contributed by atoms with Crippen molar-refractivity contribution in [3.05, 3.63) is 57.2 Å². The Labute approximate surface area is 151 Å². The second kappa shape index (κ2) is 8.36. The van der Waals surface area contributed by atoms with Crippen LogP contribution < -0.4 is 10.8 Å². The van der Waals surface area contributed by atoms with Crippen LogP contribution in [-0.4, -0.2) is 23.7 Å². The number of benzene rings is 2. The van der Waals surface area contributed by atoms with Gasteiger partial charge in [0.15, 0.2) is 0 Å². The Hall–Kier alpha value is -1.78. The summed E-state index contributed by atoms with van der Waals surface area (Å²) in [5, 5.41) is 11.7. The van der Waals surface area contributed by atoms with E-state index in [0.717, 1.165) is 6.07 Å². The first-order chi connectivity index (χ1) is 11.4. The van der Waals surface area contributed by atoms with E-state index in [1.807, 2.05) is 22.6 Å². The van der Waals surface area contributed by atoms with Crippen LogP contribution in [0.4, 0.5) is 20.2 Å². The number of hydroxylamine groups is 1. The number of nitrogens with one attached hydrogen (secondary N) is 2. The van der Waals surface area contributed by atoms with Gasteiger partial charge in [-0.15, -0.1) is 0 Å². The molecular weight excluding hydrogens is 433 g/mol. The van der Waals surface area contributed by atoms with Crippen molar-refractivity contribution in [2.45, 2.75) is 13.0 Å². The summed E-state index contributed by atoms with van der Waals surface area (Å²) in [4.78, 5) is 16.9. The van der Waals surface area contributed by atoms with Crippen LogP contribution in [0.5, 0.6) is 0 Å². The third-order valence-corrected chi connectivity index (χ3v) is 3.61. The van der Waals surface area contributed by atoms with Crippen LogP contribution in [0.1, 0.15) is 17.3 Å². The first kappa shape index (κ1) is 18.6. The zero-order valence-electron chi connectivity index (χ0n) is 12.6. The molecule has 2 rings (SSSR count). The Bertz CT molecular complexity index is 741. The minimum atomic E-state index is -0.767. The van der Waals surface area contributed by atoms with Crippen LogP contribution in [0, 0.1) is 15.2 Å². The molecule has 2 aromatic carbocycles. The number of hydrogen-bond acceptors (Lipinski definition) is 4. The second-order valence-electron chi connectivity index (χ2n) is 5.00. The predicted molar refractivity (Wildman–Crippen MR) is 93.9 cm³/mol. The molecule has 0 aromatic heterocycles. The minimum Gasteiger partial charge on any atom is -0.391 e. The quantitative estimate of drug-likeness (QED) is 0.469. The van der Waals surface area contributed by atoms with E-state index in [1.54, 1.807) is 6.07 Å². The van der Waals surface area contributed by atoms with Crippen LogP contribution in [0.15, 0.2) is 36.4 Å². The van der Waals surface area contributed by atoms with Crippen molar-refractivity contribution in [2.24, 2.45) is 0 Å². The van der Waals surface area contributed by atoms with Crippen LogP contribution in [-0.2, 0) is 4.84 Å². The van der Waals surface area contributed by atoms with Gasteiger partial charge in [0.05, 0.1) is 23.0 Å². The van der Waals surface area contributed by atoms with Crippen molar-refractivity contribution in [3.8, 4) is 0 Å². The number of anilines is 2. The topological polar surface area (TPSA) is 70.6 Å². The number of rotatable bonds is 6. The summed E-state index contributed by atoms with van der Waals surface area (Å²) in [5.74, 6) is -2.00. The van der Waals surface area contributed by atoms with Gasteiger partial charge in [-0.3, -0.25) is 9.63 Å². The molecule has 0 spiro atoms. The van der Waals surface area contributed by atoms with E-state index in [4.69, 9.17) is 9.94 Å². The SMILES string of the molecule is CC(O)CONC(=O)c1cccc(F)c1Nc1ccc(I)cc1F. The van der Waals surface area contributed by atoms with Gasteiger partial charge >= 0.3 is 0 Å². The fourth-order valence-electron chi connectivity index (χ4n) is 1.85. The molecule has 0 heterocycles. The molecule has 24 heavy (non-hydrogen) atoms. The monoisotopic (exact) mass is 448 g/mol. The summed E-state index contributed by atoms with van der Waals surface area (Å²) in [6, 6.07) is 8.27. The fourth-order valence-corrected chi connectivity index (χ4v) is 2.30. The van der Waals surface area contributed by atoms with Crippen molar-refractivity contribution in [1.29, 1.82) is 0 Å². The zero-order valence-corrected chi connectivity index (χ0v) is 14.8. The van der Waals surface area contributed by atoms with Gasteiger partial charge in [0.1, 0.15) is 18.2 Å². The molecule has 0 radical (unpaired) electrons. The highest BCUT2D eigenvalue weighted by atomic mass is 127. The molecule has 0 bridgehead atoms. The lowest BCUT2D eigenvalue weighted by molar-refractivity contribution is -0.00684. The van der Waals surface area contributed by atoms with Crippen LogP contribution in [0.25, 0.3) is 0 Å². The summed E-state index contributed by atoms with van der Waals surface area (Å²) >= 11 is 1.95. The summed E-state index contributed by atoms with van der Waals surface area (Å²) in [6.45, 7) is 1.37. The van der Waals surface area contributed by atoms with Gasteiger partial charge in [0.2, 0.25) is 0 Å². The third kappa shape index (κ3) is 4.86. The van der Waals surface area contributed by atoms with E-state index in [2.05, 4.69) is 10.8 Å². The number of carbonyl (C=O) groups excluding carboxylic acids is 1. The molecule has 1 atom stereocenters. The molecule has 0 aliphatic rings. The maximum atomic E-state index is 14.1. The van der Waals surface area contributed by atoms with E-state index in [0.29, 0.717) is 3.57 Å². The molecule has 0 saturated heterocycles. The van der Waals surface area contributed by atoms with Gasteiger partial charge in [0, 0.05) is 3.57 Å². The molecule has 8 heteroatoms. The molecule has 1 amide bonds. The molecule has 128 valence electrons. The number of aliphatic hydroxyl groups is 1. The Morgan fingerprint density at radius 1 is 1.29 bits per heavy atom. The summed E-state index contributed by atoms with van der Waals surface area (Å²) < 4.78 is 28.7. The highest BCUT2D eigenvalue weighted by Crippen LogP contribution is 2.27. The van der Waals surface area contributed by atoms with Gasteiger partial charge in [0.25, 0.3) is 5.91 Å². The van der Waals surface area contributed by atoms with Gasteiger partial charge in [-0.1, -0.05) is 6.07 Å². The smallest absolute Gasteiger partial charge is 0.277 e. The molecule has 0 aliphatic heterocycles. The van der Waals surface area contributed by atoms with E-state index in [1.165, 1.54) is 31.2 Å². The number of halogens is 3. The van der Waals surface area contributed by atoms with E-state index >= 15 is 0 Å². The largest absolute Gasteiger partial charge is 0.391 e. The van der Waals surface area contributed by atoms with Crippen molar-refractivity contribution in [1.82, 2.24) is 5.48 Å². The molecule has 3 N–H and O–H groups in total. The standard InChI is InChI=1S/C16H15F2IN2O3/c1-9(22)8-24-21-16(23)11-3-2-4-12(17)15(11)20-14-6-5-10(19)7-13(14)18/h2-7,9,20,22H,8H2,1H3,(H,21,23). The highest BCUT2D eigenvalue weighted by Gasteiger charge is 2.17. The number of amides is 1. The van der Waals surface area contributed by atoms with Crippen molar-refractivity contribution >= 4 is 39.9 Å². The van der Waals surface area contributed by atoms with Gasteiger partial charge in [-0.2, -0.15) is 0 Å². The van der Waals surface area contributed by atoms with Crippen LogP contribution >= 0.6 is 22.6 Å². The normalized spacial score (nSPS) is 11.9. The lowest BCUT2D eigenvalue weighted by atomic mass is 10.1. The number of para-hydroxylation sites is 1. The maximum Gasteiger partial charge on any atom is 0.277 e. The Balaban J connectivity index is 2.24.